The maximum absolute atomic E-state index is 12.2. The highest BCUT2D eigenvalue weighted by Crippen LogP contribution is 2.34. The van der Waals surface area contributed by atoms with E-state index in [1.165, 1.54) is 18.9 Å². The predicted octanol–water partition coefficient (Wildman–Crippen LogP) is 3.91. The molecule has 3 rings (SSSR count). The number of carbonyl (C=O) groups excluding carboxylic acids is 1. The minimum atomic E-state index is -0.240. The summed E-state index contributed by atoms with van der Waals surface area (Å²) >= 11 is 1.24. The van der Waals surface area contributed by atoms with Gasteiger partial charge in [-0.25, -0.2) is 4.99 Å². The lowest BCUT2D eigenvalue weighted by Crippen LogP contribution is -2.19. The fourth-order valence-electron chi connectivity index (χ4n) is 2.57. The number of hydrogen-bond donors (Lipinski definition) is 2. The van der Waals surface area contributed by atoms with Crippen molar-refractivity contribution in [1.82, 2.24) is 5.32 Å². The number of phenolic OH excluding ortho intramolecular Hbond substituents is 1. The van der Waals surface area contributed by atoms with E-state index in [2.05, 4.69) is 16.4 Å². The Bertz CT molecular complexity index is 883. The van der Waals surface area contributed by atoms with E-state index in [0.717, 1.165) is 16.8 Å². The summed E-state index contributed by atoms with van der Waals surface area (Å²) in [5.74, 6) is 0.128. The molecule has 0 radical (unpaired) electrons. The van der Waals surface area contributed by atoms with Crippen molar-refractivity contribution in [3.63, 3.8) is 0 Å². The molecule has 0 bridgehead atoms. The molecule has 5 nitrogen and oxygen atoms in total. The van der Waals surface area contributed by atoms with E-state index in [0.29, 0.717) is 21.4 Å². The molecule has 0 aromatic heterocycles. The number of hydrogen-bond acceptors (Lipinski definition) is 5. The van der Waals surface area contributed by atoms with Gasteiger partial charge in [-0.3, -0.25) is 4.79 Å². The number of phenols is 1. The molecule has 1 aliphatic heterocycles. The van der Waals surface area contributed by atoms with Crippen LogP contribution in [0.4, 0.5) is 5.69 Å². The quantitative estimate of drug-likeness (QED) is 0.820. The van der Waals surface area contributed by atoms with Crippen molar-refractivity contribution in [3.05, 3.63) is 58.0 Å². The second kappa shape index (κ2) is 7.03. The maximum atomic E-state index is 12.2. The third-order valence-corrected chi connectivity index (χ3v) is 4.53. The number of methoxy groups -OCH3 is 1. The molecule has 2 N–H and O–H groups in total. The van der Waals surface area contributed by atoms with Gasteiger partial charge in [-0.2, -0.15) is 0 Å². The lowest BCUT2D eigenvalue weighted by molar-refractivity contribution is -0.115. The number of ether oxygens (including phenoxy) is 1. The molecule has 1 saturated heterocycles. The van der Waals surface area contributed by atoms with Crippen LogP contribution in [-0.2, 0) is 4.79 Å². The van der Waals surface area contributed by atoms with Crippen LogP contribution < -0.4 is 10.1 Å². The average molecular weight is 354 g/mol. The molecular weight excluding hydrogens is 336 g/mol. The summed E-state index contributed by atoms with van der Waals surface area (Å²) in [6, 6.07) is 11.1. The zero-order chi connectivity index (χ0) is 18.0. The molecule has 1 fully saturated rings. The number of nitrogens with one attached hydrogen (secondary N) is 1. The standard InChI is InChI=1S/C19H18N2O3S/c1-11-7-12(2)9-14(8-11)20-19-21-18(23)16(25-19)10-13-5-4-6-15(24-3)17(13)22/h4-10,22H,1-3H3,(H,20,21,23)/b16-10+. The first kappa shape index (κ1) is 17.1. The highest BCUT2D eigenvalue weighted by Gasteiger charge is 2.24. The van der Waals surface area contributed by atoms with Crippen molar-refractivity contribution in [1.29, 1.82) is 0 Å². The molecule has 128 valence electrons. The largest absolute Gasteiger partial charge is 0.504 e. The number of aryl methyl sites for hydroxylation is 2. The van der Waals surface area contributed by atoms with E-state index in [4.69, 9.17) is 4.74 Å². The fourth-order valence-corrected chi connectivity index (χ4v) is 3.41. The van der Waals surface area contributed by atoms with Gasteiger partial charge in [0, 0.05) is 5.56 Å². The number of para-hydroxylation sites is 1. The first-order valence-corrected chi connectivity index (χ1v) is 8.52. The van der Waals surface area contributed by atoms with Crippen LogP contribution in [0.15, 0.2) is 46.3 Å². The van der Waals surface area contributed by atoms with Crippen molar-refractivity contribution in [3.8, 4) is 11.5 Å². The molecule has 1 aliphatic rings. The van der Waals surface area contributed by atoms with E-state index in [1.54, 1.807) is 24.3 Å². The van der Waals surface area contributed by atoms with Crippen LogP contribution in [0.25, 0.3) is 6.08 Å². The number of amides is 1. The molecule has 1 heterocycles. The SMILES string of the molecule is COc1cccc(/C=C2/S/C(=N\c3cc(C)cc(C)c3)NC2=O)c1O. The van der Waals surface area contributed by atoms with Crippen molar-refractivity contribution >= 4 is 34.6 Å². The Hall–Kier alpha value is -2.73. The van der Waals surface area contributed by atoms with Crippen molar-refractivity contribution in [2.24, 2.45) is 4.99 Å². The Balaban J connectivity index is 1.89. The van der Waals surface area contributed by atoms with E-state index < -0.39 is 0 Å². The van der Waals surface area contributed by atoms with Crippen LogP contribution in [0.5, 0.6) is 11.5 Å². The molecular formula is C19H18N2O3S. The summed E-state index contributed by atoms with van der Waals surface area (Å²) in [6.07, 6.45) is 1.63. The Morgan fingerprint density at radius 1 is 1.20 bits per heavy atom. The lowest BCUT2D eigenvalue weighted by Gasteiger charge is -2.05. The first-order valence-electron chi connectivity index (χ1n) is 7.70. The van der Waals surface area contributed by atoms with Gasteiger partial charge < -0.3 is 15.2 Å². The zero-order valence-corrected chi connectivity index (χ0v) is 15.0. The van der Waals surface area contributed by atoms with Crippen LogP contribution in [0.3, 0.4) is 0 Å². The van der Waals surface area contributed by atoms with E-state index in [1.807, 2.05) is 26.0 Å². The molecule has 2 aromatic carbocycles. The minimum absolute atomic E-state index is 0.00518. The average Bonchev–Trinajstić information content (AvgIpc) is 2.87. The second-order valence-electron chi connectivity index (χ2n) is 5.73. The van der Waals surface area contributed by atoms with Gasteiger partial charge in [0.05, 0.1) is 17.7 Å². The first-order chi connectivity index (χ1) is 12.0. The number of nitrogens with zero attached hydrogens (tertiary/aromatic N) is 1. The Morgan fingerprint density at radius 3 is 2.60 bits per heavy atom. The topological polar surface area (TPSA) is 70.9 Å². The van der Waals surface area contributed by atoms with Crippen LogP contribution in [0.2, 0.25) is 0 Å². The van der Waals surface area contributed by atoms with E-state index >= 15 is 0 Å². The Morgan fingerprint density at radius 2 is 1.92 bits per heavy atom. The van der Waals surface area contributed by atoms with Gasteiger partial charge in [0.15, 0.2) is 16.7 Å². The van der Waals surface area contributed by atoms with Crippen molar-refractivity contribution in [2.75, 3.05) is 7.11 Å². The third kappa shape index (κ3) is 3.85. The van der Waals surface area contributed by atoms with Crippen LogP contribution in [-0.4, -0.2) is 23.3 Å². The molecule has 0 spiro atoms. The number of amidine groups is 1. The monoisotopic (exact) mass is 354 g/mol. The summed E-state index contributed by atoms with van der Waals surface area (Å²) in [7, 11) is 1.48. The molecule has 6 heteroatoms. The zero-order valence-electron chi connectivity index (χ0n) is 14.2. The van der Waals surface area contributed by atoms with Gasteiger partial charge in [-0.1, -0.05) is 18.2 Å². The van der Waals surface area contributed by atoms with Gasteiger partial charge in [0.25, 0.3) is 5.91 Å². The Labute approximate surface area is 150 Å². The predicted molar refractivity (Wildman–Crippen MR) is 101 cm³/mol. The van der Waals surface area contributed by atoms with Crippen LogP contribution in [0.1, 0.15) is 16.7 Å². The van der Waals surface area contributed by atoms with Gasteiger partial charge in [-0.05, 0) is 61.0 Å². The number of thioether (sulfide) groups is 1. The maximum Gasteiger partial charge on any atom is 0.264 e. The number of aromatic hydroxyl groups is 1. The van der Waals surface area contributed by atoms with Gasteiger partial charge in [0.2, 0.25) is 0 Å². The normalized spacial score (nSPS) is 17.2. The number of benzene rings is 2. The highest BCUT2D eigenvalue weighted by molar-refractivity contribution is 8.18. The van der Waals surface area contributed by atoms with Gasteiger partial charge in [0.1, 0.15) is 0 Å². The summed E-state index contributed by atoms with van der Waals surface area (Å²) in [5.41, 5.74) is 3.55. The summed E-state index contributed by atoms with van der Waals surface area (Å²) in [6.45, 7) is 4.02. The van der Waals surface area contributed by atoms with Crippen molar-refractivity contribution in [2.45, 2.75) is 13.8 Å². The van der Waals surface area contributed by atoms with Gasteiger partial charge in [-0.15, -0.1) is 0 Å². The summed E-state index contributed by atoms with van der Waals surface area (Å²) in [4.78, 5) is 17.1. The summed E-state index contributed by atoms with van der Waals surface area (Å²) < 4.78 is 5.09. The summed E-state index contributed by atoms with van der Waals surface area (Å²) in [5, 5.41) is 13.4. The third-order valence-electron chi connectivity index (χ3n) is 3.62. The highest BCUT2D eigenvalue weighted by atomic mass is 32.2. The van der Waals surface area contributed by atoms with Crippen LogP contribution >= 0.6 is 11.8 Å². The molecule has 0 aliphatic carbocycles. The van der Waals surface area contributed by atoms with E-state index in [-0.39, 0.29) is 11.7 Å². The van der Waals surface area contributed by atoms with Crippen LogP contribution in [0, 0.1) is 13.8 Å². The molecule has 0 saturated carbocycles. The lowest BCUT2D eigenvalue weighted by atomic mass is 10.1. The van der Waals surface area contributed by atoms with Crippen molar-refractivity contribution < 1.29 is 14.6 Å². The number of rotatable bonds is 3. The molecule has 0 atom stereocenters. The molecule has 1 amide bonds. The molecule has 0 unspecified atom stereocenters. The smallest absolute Gasteiger partial charge is 0.264 e. The molecule has 2 aromatic rings. The molecule has 25 heavy (non-hydrogen) atoms. The Kier molecular flexibility index (Phi) is 4.81. The fraction of sp³-hybridized carbons (Fsp3) is 0.158. The van der Waals surface area contributed by atoms with E-state index in [9.17, 15) is 9.90 Å². The minimum Gasteiger partial charge on any atom is -0.504 e. The number of aliphatic imine (C=N–C) groups is 1. The second-order valence-corrected chi connectivity index (χ2v) is 6.76. The number of carbonyl (C=O) groups is 1. The van der Waals surface area contributed by atoms with Gasteiger partial charge >= 0.3 is 0 Å².